The quantitative estimate of drug-likeness (QED) is 0.677. The Morgan fingerprint density at radius 2 is 2.31 bits per heavy atom. The number of aryl methyl sites for hydroxylation is 1. The molecule has 0 spiro atoms. The van der Waals surface area contributed by atoms with E-state index >= 15 is 0 Å². The molecule has 0 radical (unpaired) electrons. The van der Waals surface area contributed by atoms with Crippen LogP contribution in [0.3, 0.4) is 0 Å². The van der Waals surface area contributed by atoms with Crippen LogP contribution in [0, 0.1) is 0 Å². The summed E-state index contributed by atoms with van der Waals surface area (Å²) in [7, 11) is 1.88. The van der Waals surface area contributed by atoms with E-state index in [9.17, 15) is 0 Å². The molecule has 0 bridgehead atoms. The molecule has 0 aromatic carbocycles. The van der Waals surface area contributed by atoms with Gasteiger partial charge in [0, 0.05) is 7.05 Å². The fourth-order valence-electron chi connectivity index (χ4n) is 1.10. The SMILES string of the molecule is Cn1cnnc1CSc1nnnn1CCO. The number of rotatable bonds is 5. The minimum absolute atomic E-state index is 0.0164. The average Bonchev–Trinajstić information content (AvgIpc) is 2.86. The maximum atomic E-state index is 8.81. The van der Waals surface area contributed by atoms with E-state index in [0.717, 1.165) is 5.82 Å². The van der Waals surface area contributed by atoms with Crippen molar-refractivity contribution >= 4 is 11.8 Å². The number of aliphatic hydroxyl groups excluding tert-OH is 1. The summed E-state index contributed by atoms with van der Waals surface area (Å²) in [4.78, 5) is 0. The molecular weight excluding hydrogens is 230 g/mol. The van der Waals surface area contributed by atoms with Gasteiger partial charge in [0.25, 0.3) is 0 Å². The maximum Gasteiger partial charge on any atom is 0.209 e. The average molecular weight is 241 g/mol. The lowest BCUT2D eigenvalue weighted by Crippen LogP contribution is -2.06. The number of hydrogen-bond acceptors (Lipinski definition) is 7. The Kier molecular flexibility index (Phi) is 3.47. The molecule has 0 saturated carbocycles. The monoisotopic (exact) mass is 241 g/mol. The Labute approximate surface area is 95.7 Å². The third-order valence-corrected chi connectivity index (χ3v) is 2.90. The van der Waals surface area contributed by atoms with Crippen molar-refractivity contribution in [3.8, 4) is 0 Å². The van der Waals surface area contributed by atoms with Crippen LogP contribution in [-0.4, -0.2) is 46.7 Å². The van der Waals surface area contributed by atoms with Crippen molar-refractivity contribution in [1.82, 2.24) is 35.0 Å². The molecule has 0 unspecified atom stereocenters. The molecule has 9 heteroatoms. The Morgan fingerprint density at radius 1 is 1.44 bits per heavy atom. The van der Waals surface area contributed by atoms with Gasteiger partial charge in [-0.3, -0.25) is 0 Å². The molecule has 0 aliphatic carbocycles. The van der Waals surface area contributed by atoms with E-state index in [2.05, 4.69) is 25.7 Å². The minimum Gasteiger partial charge on any atom is -0.394 e. The number of aliphatic hydroxyl groups is 1. The number of aromatic nitrogens is 7. The van der Waals surface area contributed by atoms with Gasteiger partial charge in [-0.25, -0.2) is 4.68 Å². The van der Waals surface area contributed by atoms with E-state index in [1.165, 1.54) is 11.8 Å². The normalized spacial score (nSPS) is 10.9. The highest BCUT2D eigenvalue weighted by Gasteiger charge is 2.08. The third kappa shape index (κ3) is 2.36. The van der Waals surface area contributed by atoms with Crippen molar-refractivity contribution in [2.75, 3.05) is 6.61 Å². The smallest absolute Gasteiger partial charge is 0.209 e. The van der Waals surface area contributed by atoms with Crippen molar-refractivity contribution in [3.63, 3.8) is 0 Å². The molecule has 2 heterocycles. The van der Waals surface area contributed by atoms with Crippen LogP contribution in [0.2, 0.25) is 0 Å². The highest BCUT2D eigenvalue weighted by atomic mass is 32.2. The van der Waals surface area contributed by atoms with E-state index in [1.807, 2.05) is 11.6 Å². The van der Waals surface area contributed by atoms with Crippen LogP contribution in [0.15, 0.2) is 11.5 Å². The van der Waals surface area contributed by atoms with Gasteiger partial charge in [-0.1, -0.05) is 11.8 Å². The highest BCUT2D eigenvalue weighted by Crippen LogP contribution is 2.17. The topological polar surface area (TPSA) is 94.5 Å². The van der Waals surface area contributed by atoms with E-state index < -0.39 is 0 Å². The number of hydrogen-bond donors (Lipinski definition) is 1. The highest BCUT2D eigenvalue weighted by molar-refractivity contribution is 7.98. The molecule has 0 fully saturated rings. The summed E-state index contributed by atoms with van der Waals surface area (Å²) in [6.07, 6.45) is 1.65. The van der Waals surface area contributed by atoms with Gasteiger partial charge in [0.1, 0.15) is 12.2 Å². The summed E-state index contributed by atoms with van der Waals surface area (Å²) in [5.41, 5.74) is 0. The fraction of sp³-hybridized carbons (Fsp3) is 0.571. The first-order valence-electron chi connectivity index (χ1n) is 4.64. The molecule has 86 valence electrons. The number of thioether (sulfide) groups is 1. The maximum absolute atomic E-state index is 8.81. The molecule has 0 amide bonds. The lowest BCUT2D eigenvalue weighted by Gasteiger charge is -2.01. The molecular formula is C7H11N7OS. The van der Waals surface area contributed by atoms with E-state index in [4.69, 9.17) is 5.11 Å². The first-order chi connectivity index (χ1) is 7.81. The van der Waals surface area contributed by atoms with Crippen LogP contribution in [0.1, 0.15) is 5.82 Å². The number of tetrazole rings is 1. The first-order valence-corrected chi connectivity index (χ1v) is 5.62. The van der Waals surface area contributed by atoms with Crippen LogP contribution >= 0.6 is 11.8 Å². The first kappa shape index (κ1) is 11.0. The van der Waals surface area contributed by atoms with Gasteiger partial charge in [-0.2, -0.15) is 0 Å². The standard InChI is InChI=1S/C7H11N7OS/c1-13-5-8-9-6(13)4-16-7-10-11-12-14(7)2-3-15/h5,15H,2-4H2,1H3. The summed E-state index contributed by atoms with van der Waals surface area (Å²) >= 11 is 1.46. The van der Waals surface area contributed by atoms with Crippen molar-refractivity contribution < 1.29 is 5.11 Å². The molecule has 0 aliphatic rings. The summed E-state index contributed by atoms with van der Waals surface area (Å²) in [6, 6.07) is 0. The van der Waals surface area contributed by atoms with Gasteiger partial charge in [-0.05, 0) is 10.4 Å². The summed E-state index contributed by atoms with van der Waals surface area (Å²) < 4.78 is 3.40. The molecule has 0 saturated heterocycles. The predicted molar refractivity (Wildman–Crippen MR) is 55.5 cm³/mol. The Balaban J connectivity index is 1.99. The number of nitrogens with zero attached hydrogens (tertiary/aromatic N) is 7. The van der Waals surface area contributed by atoms with Gasteiger partial charge >= 0.3 is 0 Å². The summed E-state index contributed by atoms with van der Waals surface area (Å²) in [6.45, 7) is 0.413. The minimum atomic E-state index is 0.0164. The van der Waals surface area contributed by atoms with Crippen LogP contribution in [0.25, 0.3) is 0 Å². The van der Waals surface area contributed by atoms with Crippen LogP contribution in [-0.2, 0) is 19.3 Å². The molecule has 8 nitrogen and oxygen atoms in total. The molecule has 2 aromatic rings. The third-order valence-electron chi connectivity index (χ3n) is 1.95. The zero-order valence-electron chi connectivity index (χ0n) is 8.68. The van der Waals surface area contributed by atoms with Gasteiger partial charge in [-0.15, -0.1) is 15.3 Å². The van der Waals surface area contributed by atoms with Gasteiger partial charge in [0.2, 0.25) is 5.16 Å². The van der Waals surface area contributed by atoms with E-state index in [0.29, 0.717) is 17.5 Å². The zero-order valence-corrected chi connectivity index (χ0v) is 9.50. The fourth-order valence-corrected chi connectivity index (χ4v) is 1.99. The van der Waals surface area contributed by atoms with Gasteiger partial charge in [0.05, 0.1) is 18.9 Å². The molecule has 0 atom stereocenters. The van der Waals surface area contributed by atoms with Crippen LogP contribution in [0.5, 0.6) is 0 Å². The second-order valence-corrected chi connectivity index (χ2v) is 4.00. The van der Waals surface area contributed by atoms with Crippen LogP contribution < -0.4 is 0 Å². The van der Waals surface area contributed by atoms with Crippen LogP contribution in [0.4, 0.5) is 0 Å². The second-order valence-electron chi connectivity index (χ2n) is 3.05. The van der Waals surface area contributed by atoms with E-state index in [1.54, 1.807) is 11.0 Å². The van der Waals surface area contributed by atoms with E-state index in [-0.39, 0.29) is 6.61 Å². The van der Waals surface area contributed by atoms with Crippen molar-refractivity contribution in [3.05, 3.63) is 12.2 Å². The van der Waals surface area contributed by atoms with Gasteiger partial charge < -0.3 is 9.67 Å². The second kappa shape index (κ2) is 5.03. The van der Waals surface area contributed by atoms with Crippen molar-refractivity contribution in [1.29, 1.82) is 0 Å². The molecule has 16 heavy (non-hydrogen) atoms. The molecule has 0 aliphatic heterocycles. The lowest BCUT2D eigenvalue weighted by atomic mass is 10.7. The largest absolute Gasteiger partial charge is 0.394 e. The Bertz CT molecular complexity index is 453. The van der Waals surface area contributed by atoms with Gasteiger partial charge in [0.15, 0.2) is 0 Å². The lowest BCUT2D eigenvalue weighted by molar-refractivity contribution is 0.262. The molecule has 1 N–H and O–H groups in total. The molecule has 2 aromatic heterocycles. The van der Waals surface area contributed by atoms with Crippen molar-refractivity contribution in [2.45, 2.75) is 17.5 Å². The zero-order chi connectivity index (χ0) is 11.4. The summed E-state index contributed by atoms with van der Waals surface area (Å²) in [5, 5.41) is 28.4. The van der Waals surface area contributed by atoms with Crippen molar-refractivity contribution in [2.24, 2.45) is 7.05 Å². The molecule has 2 rings (SSSR count). The predicted octanol–water partition coefficient (Wildman–Crippen LogP) is -0.914. The Hall–Kier alpha value is -1.48. The Morgan fingerprint density at radius 3 is 3.00 bits per heavy atom. The summed E-state index contributed by atoms with van der Waals surface area (Å²) in [5.74, 6) is 1.49.